The van der Waals surface area contributed by atoms with Gasteiger partial charge in [0, 0.05) is 201 Å². The number of aliphatic carboxylic acids is 4. The molecule has 36 N–H and O–H groups in total. The monoisotopic (exact) mass is 2080 g/mol. The lowest BCUT2D eigenvalue weighted by atomic mass is 9.95. The summed E-state index contributed by atoms with van der Waals surface area (Å²) in [6.45, 7) is -32.8. The molecular formula is C84H157N17O42. The van der Waals surface area contributed by atoms with E-state index in [1.807, 2.05) is 0 Å². The third-order valence-corrected chi connectivity index (χ3v) is 25.1. The van der Waals surface area contributed by atoms with Crippen LogP contribution in [0.3, 0.4) is 0 Å². The molecule has 2 unspecified atom stereocenters. The fraction of sp³-hybridized carbons (Fsp3) is 0.833. The number of hydrogen-bond acceptors (Lipinski definition) is 45. The molecule has 1 saturated heterocycles. The van der Waals surface area contributed by atoms with Crippen molar-refractivity contribution < 1.29 is 210 Å². The molecular weight excluding hydrogens is 1920 g/mol. The summed E-state index contributed by atoms with van der Waals surface area (Å²) in [4.78, 5) is 204. The highest BCUT2D eigenvalue weighted by molar-refractivity contribution is 5.83. The Balaban J connectivity index is 4.60. The Kier molecular flexibility index (Phi) is 62.2. The fourth-order valence-electron chi connectivity index (χ4n) is 14.8. The number of aliphatic hydroxyl groups excluding tert-OH is 24. The van der Waals surface area contributed by atoms with Crippen LogP contribution in [0.15, 0.2) is 0 Å². The Bertz CT molecular complexity index is 3210. The lowest BCUT2D eigenvalue weighted by molar-refractivity contribution is -0.150. The highest BCUT2D eigenvalue weighted by Crippen LogP contribution is 2.28. The molecule has 0 aromatic rings. The average molecular weight is 2080 g/mol. The van der Waals surface area contributed by atoms with Crippen LogP contribution in [0.5, 0.6) is 0 Å². The molecule has 830 valence electrons. The number of carbonyl (C=O) groups is 14. The van der Waals surface area contributed by atoms with Gasteiger partial charge in [-0.15, -0.1) is 0 Å². The van der Waals surface area contributed by atoms with Gasteiger partial charge in [-0.3, -0.25) is 81.8 Å². The molecule has 0 bridgehead atoms. The predicted octanol–water partition coefficient (Wildman–Crippen LogP) is -21.1. The smallest absolute Gasteiger partial charge is 0.320 e. The van der Waals surface area contributed by atoms with Crippen molar-refractivity contribution in [2.45, 2.75) is 146 Å². The lowest BCUT2D eigenvalue weighted by Gasteiger charge is -2.44. The van der Waals surface area contributed by atoms with Crippen LogP contribution >= 0.6 is 0 Å². The van der Waals surface area contributed by atoms with E-state index in [9.17, 15) is 201 Å². The van der Waals surface area contributed by atoms with E-state index in [2.05, 4.69) is 42.5 Å². The number of nitrogens with zero attached hydrogens (tertiary/aromatic N) is 9. The molecule has 10 amide bonds. The summed E-state index contributed by atoms with van der Waals surface area (Å²) in [7, 11) is 0. The minimum Gasteiger partial charge on any atom is -0.480 e. The molecule has 1 rings (SSSR count). The first kappa shape index (κ1) is 132. The van der Waals surface area contributed by atoms with Crippen LogP contribution in [-0.4, -0.2) is 635 Å². The van der Waals surface area contributed by atoms with Crippen LogP contribution in [-0.2, 0) is 67.1 Å². The van der Waals surface area contributed by atoms with Crippen LogP contribution in [0, 0.1) is 0 Å². The van der Waals surface area contributed by atoms with Gasteiger partial charge in [0.25, 0.3) is 0 Å². The second-order valence-corrected chi connectivity index (χ2v) is 36.4. The van der Waals surface area contributed by atoms with Crippen molar-refractivity contribution in [2.75, 3.05) is 303 Å². The summed E-state index contributed by atoms with van der Waals surface area (Å²) < 4.78 is 0. The maximum Gasteiger partial charge on any atom is 0.320 e. The molecule has 59 nitrogen and oxygen atoms in total. The summed E-state index contributed by atoms with van der Waals surface area (Å²) >= 11 is 0. The van der Waals surface area contributed by atoms with E-state index >= 15 is 9.59 Å². The minimum atomic E-state index is -1.99. The third kappa shape index (κ3) is 44.9. The quantitative estimate of drug-likeness (QED) is 0.0269. The second-order valence-electron chi connectivity index (χ2n) is 36.4. The van der Waals surface area contributed by atoms with Crippen molar-refractivity contribution in [3.63, 3.8) is 0 Å². The summed E-state index contributed by atoms with van der Waals surface area (Å²) in [6.07, 6.45) is -7.40. The molecule has 2 atom stereocenters. The Morgan fingerprint density at radius 3 is 0.531 bits per heavy atom. The summed E-state index contributed by atoms with van der Waals surface area (Å²) in [5.74, 6) is -15.7. The van der Waals surface area contributed by atoms with E-state index in [0.717, 1.165) is 14.7 Å². The van der Waals surface area contributed by atoms with Gasteiger partial charge < -0.3 is 215 Å². The normalized spacial score (nSPS) is 14.9. The Morgan fingerprint density at radius 2 is 0.399 bits per heavy atom. The number of carboxylic acid groups (broad SMARTS) is 4. The summed E-state index contributed by atoms with van der Waals surface area (Å²) in [5, 5.41) is 303. The molecule has 0 aliphatic carbocycles. The first-order chi connectivity index (χ1) is 67.6. The van der Waals surface area contributed by atoms with Crippen molar-refractivity contribution in [1.29, 1.82) is 0 Å². The number of rotatable bonds is 83. The SMILES string of the molecule is CC1(N(CC(=O)O)CC(=O)O)CN(C(CCC(=O)N(CCN(CCC(=O)NC(CO)(CO)CO)CCC(=O)NC(CO)(CO)CO)CCN(CCC(=O)NC(CO)(CO)CO)CCC(=O)NC(CO)(CO)CO)C(=O)O)CCN(C(CCC(=O)N(CCN(CCC(=O)NC(CO)(CO)CO)CCC(=O)NC(CO)(CO)CO)CCN(CCC(=O)NC(CO)(CO)CO)CCC(=O)NC(CO)(CO)CO)C(=O)O)C1. The molecule has 0 spiro atoms. The van der Waals surface area contributed by atoms with Crippen LogP contribution in [0.1, 0.15) is 84.0 Å². The zero-order chi connectivity index (χ0) is 109. The third-order valence-electron chi connectivity index (χ3n) is 25.1. The zero-order valence-corrected chi connectivity index (χ0v) is 80.9. The molecule has 1 aliphatic rings. The Labute approximate surface area is 825 Å². The van der Waals surface area contributed by atoms with Crippen molar-refractivity contribution in [2.24, 2.45) is 0 Å². The van der Waals surface area contributed by atoms with E-state index in [1.165, 1.54) is 36.3 Å². The van der Waals surface area contributed by atoms with Crippen LogP contribution < -0.4 is 42.5 Å². The van der Waals surface area contributed by atoms with Gasteiger partial charge in [0.05, 0.1) is 172 Å². The van der Waals surface area contributed by atoms with E-state index in [4.69, 9.17) is 0 Å². The average Bonchev–Trinajstić information content (AvgIpc) is 1.69. The van der Waals surface area contributed by atoms with Crippen molar-refractivity contribution in [3.05, 3.63) is 0 Å². The van der Waals surface area contributed by atoms with Gasteiger partial charge in [-0.1, -0.05) is 0 Å². The number of amides is 10. The molecule has 1 fully saturated rings. The summed E-state index contributed by atoms with van der Waals surface area (Å²) in [5.41, 5.74) is -17.6. The number of carboxylic acids is 4. The van der Waals surface area contributed by atoms with Gasteiger partial charge in [0.15, 0.2) is 0 Å². The van der Waals surface area contributed by atoms with Gasteiger partial charge in [-0.2, -0.15) is 0 Å². The summed E-state index contributed by atoms with van der Waals surface area (Å²) in [6, 6.07) is -3.78. The van der Waals surface area contributed by atoms with Gasteiger partial charge in [0.2, 0.25) is 59.1 Å². The maximum absolute atomic E-state index is 15.4. The van der Waals surface area contributed by atoms with Crippen molar-refractivity contribution in [1.82, 2.24) is 86.6 Å². The number of aliphatic hydroxyl groups is 24. The fourth-order valence-corrected chi connectivity index (χ4v) is 14.8. The largest absolute Gasteiger partial charge is 0.480 e. The molecule has 0 aromatic carbocycles. The van der Waals surface area contributed by atoms with Gasteiger partial charge in [-0.05, 0) is 19.8 Å². The highest BCUT2D eigenvalue weighted by Gasteiger charge is 2.47. The predicted molar refractivity (Wildman–Crippen MR) is 493 cm³/mol. The Hall–Kier alpha value is -8.66. The van der Waals surface area contributed by atoms with Gasteiger partial charge >= 0.3 is 23.9 Å². The molecule has 0 radical (unpaired) electrons. The van der Waals surface area contributed by atoms with E-state index < -0.39 is 446 Å². The number of hydrogen-bond donors (Lipinski definition) is 36. The Morgan fingerprint density at radius 1 is 0.245 bits per heavy atom. The number of nitrogens with one attached hydrogen (secondary N) is 8. The van der Waals surface area contributed by atoms with Gasteiger partial charge in [0.1, 0.15) is 56.4 Å². The maximum atomic E-state index is 15.4. The van der Waals surface area contributed by atoms with Crippen LogP contribution in [0.2, 0.25) is 0 Å². The molecule has 59 heteroatoms. The topological polar surface area (TPSA) is 931 Å². The standard InChI is InChI=1S/C84H157N17O42/c1-76(101(32-72(136)137)33-73(138)139)34-99(60(74(140)141)2-4-70(134)97(26-22-93(14-6-62(126)85-77(36-102,37-103)38-104)15-7-63(127)86-78(39-105,40-106)41-107)27-23-94(16-8-64(128)87-79(42-108,43-109)44-110)17-9-65(129)88-80(45-111,46-112)47-113)30-31-100(35-76)61(75(142)143)3-5-71(135)98(28-24-95(18-10-66(130)89-81(48-114,49-115)50-116)19-11-67(131)90-82(51-117,52-118)53-119)29-25-96(20-12-68(132)91-83(54-120,55-121)56-122)21-13-69(133)92-84(57-123,58-124)59-125/h60-61,102-125H,2-59H2,1H3,(H,85,126)(H,86,127)(H,87,128)(H,88,129)(H,89,130)(H,90,131)(H,91,132)(H,92,133)(H,136,137)(H,138,139)(H,140,141)(H,142,143). The van der Waals surface area contributed by atoms with E-state index in [-0.39, 0.29) is 78.5 Å². The van der Waals surface area contributed by atoms with Crippen LogP contribution in [0.25, 0.3) is 0 Å². The van der Waals surface area contributed by atoms with Crippen molar-refractivity contribution >= 4 is 82.9 Å². The first-order valence-corrected chi connectivity index (χ1v) is 46.3. The second kappa shape index (κ2) is 67.3. The highest BCUT2D eigenvalue weighted by atomic mass is 16.4. The molecule has 0 saturated carbocycles. The molecule has 0 aromatic heterocycles. The molecule has 143 heavy (non-hydrogen) atoms. The minimum absolute atomic E-state index is 0.363. The lowest BCUT2D eigenvalue weighted by Crippen LogP contribution is -2.62. The first-order valence-electron chi connectivity index (χ1n) is 46.3. The zero-order valence-electron chi connectivity index (χ0n) is 80.9. The van der Waals surface area contributed by atoms with Crippen LogP contribution in [0.4, 0.5) is 0 Å². The van der Waals surface area contributed by atoms with Gasteiger partial charge in [-0.25, -0.2) is 0 Å². The van der Waals surface area contributed by atoms with E-state index in [0.29, 0.717) is 0 Å². The van der Waals surface area contributed by atoms with E-state index in [1.54, 1.807) is 0 Å². The molecule has 1 heterocycles. The number of carbonyl (C=O) groups excluding carboxylic acids is 10. The van der Waals surface area contributed by atoms with Crippen molar-refractivity contribution in [3.8, 4) is 0 Å². The molecule has 1 aliphatic heterocycles.